The third-order valence-corrected chi connectivity index (χ3v) is 5.32. The van der Waals surface area contributed by atoms with E-state index in [9.17, 15) is 9.18 Å². The molecular formula is C24H15ClFN3O3. The fraction of sp³-hybridized carbons (Fsp3) is 0.0417. The predicted octanol–water partition coefficient (Wildman–Crippen LogP) is 5.19. The first-order valence-corrected chi connectivity index (χ1v) is 10.1. The van der Waals surface area contributed by atoms with Gasteiger partial charge in [0, 0.05) is 16.5 Å². The molecule has 0 aliphatic carbocycles. The minimum Gasteiger partial charge on any atom is -0.454 e. The zero-order chi connectivity index (χ0) is 22.1. The highest BCUT2D eigenvalue weighted by atomic mass is 35.5. The Kier molecular flexibility index (Phi) is 5.17. The van der Waals surface area contributed by atoms with Crippen LogP contribution in [-0.4, -0.2) is 23.9 Å². The molecule has 0 atom stereocenters. The summed E-state index contributed by atoms with van der Waals surface area (Å²) in [5.74, 6) is 0.285. The molecule has 1 aliphatic rings. The second kappa shape index (κ2) is 8.28. The highest BCUT2D eigenvalue weighted by Crippen LogP contribution is 2.36. The van der Waals surface area contributed by atoms with Crippen molar-refractivity contribution in [1.29, 1.82) is 0 Å². The van der Waals surface area contributed by atoms with E-state index in [1.54, 1.807) is 24.3 Å². The number of aromatic nitrogens is 1. The minimum atomic E-state index is -0.532. The fourth-order valence-electron chi connectivity index (χ4n) is 3.42. The average Bonchev–Trinajstić information content (AvgIpc) is 3.28. The van der Waals surface area contributed by atoms with Gasteiger partial charge in [0.05, 0.1) is 28.0 Å². The monoisotopic (exact) mass is 447 g/mol. The van der Waals surface area contributed by atoms with Gasteiger partial charge in [0.25, 0.3) is 5.91 Å². The van der Waals surface area contributed by atoms with Crippen LogP contribution in [0.5, 0.6) is 11.5 Å². The number of amides is 1. The van der Waals surface area contributed by atoms with Crippen LogP contribution < -0.4 is 14.9 Å². The van der Waals surface area contributed by atoms with Crippen LogP contribution >= 0.6 is 11.6 Å². The van der Waals surface area contributed by atoms with Gasteiger partial charge in [-0.15, -0.1) is 0 Å². The van der Waals surface area contributed by atoms with E-state index in [0.29, 0.717) is 33.7 Å². The fourth-order valence-corrected chi connectivity index (χ4v) is 3.63. The number of rotatable bonds is 4. The van der Waals surface area contributed by atoms with Crippen LogP contribution in [-0.2, 0) is 0 Å². The van der Waals surface area contributed by atoms with Crippen LogP contribution in [0.3, 0.4) is 0 Å². The summed E-state index contributed by atoms with van der Waals surface area (Å²) in [5.41, 5.74) is 4.93. The number of para-hydroxylation sites is 1. The number of hydrazone groups is 1. The SMILES string of the molecule is O=C(N/N=C/c1c(F)cccc1Cl)c1cc(-c2ccc3c(c2)OCO3)nc2ccccc12. The Morgan fingerprint density at radius 3 is 2.78 bits per heavy atom. The number of nitrogens with zero attached hydrogens (tertiary/aromatic N) is 2. The summed E-state index contributed by atoms with van der Waals surface area (Å²) in [6.07, 6.45) is 1.18. The molecule has 0 unspecified atom stereocenters. The number of carbonyl (C=O) groups is 1. The van der Waals surface area contributed by atoms with Crippen LogP contribution in [0.1, 0.15) is 15.9 Å². The van der Waals surface area contributed by atoms with Crippen LogP contribution in [0, 0.1) is 5.82 Å². The summed E-state index contributed by atoms with van der Waals surface area (Å²) in [4.78, 5) is 17.6. The Morgan fingerprint density at radius 2 is 1.91 bits per heavy atom. The third-order valence-electron chi connectivity index (χ3n) is 4.99. The lowest BCUT2D eigenvalue weighted by molar-refractivity contribution is 0.0956. The zero-order valence-corrected chi connectivity index (χ0v) is 17.3. The molecule has 1 amide bonds. The molecule has 8 heteroatoms. The Morgan fingerprint density at radius 1 is 1.06 bits per heavy atom. The van der Waals surface area contributed by atoms with Crippen LogP contribution in [0.25, 0.3) is 22.2 Å². The third kappa shape index (κ3) is 3.74. The number of halogens is 2. The number of nitrogens with one attached hydrogen (secondary N) is 1. The standard InChI is InChI=1S/C24H15ClFN3O3/c25-18-5-3-6-19(26)17(18)12-27-29-24(30)16-11-21(28-20-7-2-1-4-15(16)20)14-8-9-22-23(10-14)32-13-31-22/h1-12H,13H2,(H,29,30)/b27-12+. The van der Waals surface area contributed by atoms with Gasteiger partial charge in [-0.05, 0) is 42.5 Å². The van der Waals surface area contributed by atoms with Crippen molar-refractivity contribution in [2.75, 3.05) is 6.79 Å². The normalized spacial score (nSPS) is 12.4. The highest BCUT2D eigenvalue weighted by Gasteiger charge is 2.17. The molecule has 0 saturated carbocycles. The number of carbonyl (C=O) groups excluding carboxylic acids is 1. The Bertz CT molecular complexity index is 1370. The number of hydrogen-bond donors (Lipinski definition) is 1. The van der Waals surface area contributed by atoms with Crippen LogP contribution in [0.4, 0.5) is 4.39 Å². The maximum absolute atomic E-state index is 13.9. The Labute approximate surface area is 187 Å². The van der Waals surface area contributed by atoms with Crippen LogP contribution in [0.15, 0.2) is 71.8 Å². The second-order valence-electron chi connectivity index (χ2n) is 6.97. The topological polar surface area (TPSA) is 72.8 Å². The second-order valence-corrected chi connectivity index (χ2v) is 7.38. The average molecular weight is 448 g/mol. The zero-order valence-electron chi connectivity index (χ0n) is 16.5. The summed E-state index contributed by atoms with van der Waals surface area (Å²) < 4.78 is 24.7. The molecule has 1 aromatic heterocycles. The van der Waals surface area contributed by atoms with E-state index in [2.05, 4.69) is 15.5 Å². The lowest BCUT2D eigenvalue weighted by Crippen LogP contribution is -2.18. The molecule has 6 nitrogen and oxygen atoms in total. The molecule has 5 rings (SSSR count). The molecule has 1 N–H and O–H groups in total. The van der Waals surface area contributed by atoms with Gasteiger partial charge >= 0.3 is 0 Å². The number of fused-ring (bicyclic) bond motifs is 2. The van der Waals surface area contributed by atoms with Crippen molar-refractivity contribution in [2.24, 2.45) is 5.10 Å². The quantitative estimate of drug-likeness (QED) is 0.345. The smallest absolute Gasteiger partial charge is 0.272 e. The Hall–Kier alpha value is -3.97. The van der Waals surface area contributed by atoms with Gasteiger partial charge in [-0.3, -0.25) is 4.79 Å². The summed E-state index contributed by atoms with van der Waals surface area (Å²) in [6, 6.07) is 18.8. The van der Waals surface area contributed by atoms with Gasteiger partial charge in [0.2, 0.25) is 6.79 Å². The maximum Gasteiger partial charge on any atom is 0.272 e. The van der Waals surface area contributed by atoms with Crippen molar-refractivity contribution >= 4 is 34.6 Å². The van der Waals surface area contributed by atoms with Crippen molar-refractivity contribution in [1.82, 2.24) is 10.4 Å². The summed E-state index contributed by atoms with van der Waals surface area (Å²) in [7, 11) is 0. The van der Waals surface area contributed by atoms with Crippen molar-refractivity contribution < 1.29 is 18.7 Å². The van der Waals surface area contributed by atoms with Gasteiger partial charge in [0.1, 0.15) is 5.82 Å². The van der Waals surface area contributed by atoms with E-state index < -0.39 is 11.7 Å². The van der Waals surface area contributed by atoms with Crippen molar-refractivity contribution in [3.8, 4) is 22.8 Å². The summed E-state index contributed by atoms with van der Waals surface area (Å²) >= 11 is 6.00. The first-order chi connectivity index (χ1) is 15.6. The van der Waals surface area contributed by atoms with Gasteiger partial charge in [-0.25, -0.2) is 14.8 Å². The van der Waals surface area contributed by atoms with Crippen molar-refractivity contribution in [2.45, 2.75) is 0 Å². The maximum atomic E-state index is 13.9. The molecule has 158 valence electrons. The van der Waals surface area contributed by atoms with E-state index in [1.165, 1.54) is 18.3 Å². The first kappa shape index (κ1) is 20.0. The Balaban J connectivity index is 1.50. The molecule has 0 fully saturated rings. The van der Waals surface area contributed by atoms with E-state index in [1.807, 2.05) is 30.3 Å². The van der Waals surface area contributed by atoms with Gasteiger partial charge in [-0.1, -0.05) is 35.9 Å². The predicted molar refractivity (Wildman–Crippen MR) is 120 cm³/mol. The lowest BCUT2D eigenvalue weighted by atomic mass is 10.0. The number of hydrogen-bond acceptors (Lipinski definition) is 5. The van der Waals surface area contributed by atoms with Gasteiger partial charge < -0.3 is 9.47 Å². The molecule has 0 saturated heterocycles. The van der Waals surface area contributed by atoms with Crippen molar-refractivity contribution in [3.63, 3.8) is 0 Å². The molecule has 3 aromatic carbocycles. The molecule has 0 bridgehead atoms. The van der Waals surface area contributed by atoms with E-state index in [-0.39, 0.29) is 17.4 Å². The van der Waals surface area contributed by atoms with Gasteiger partial charge in [0.15, 0.2) is 11.5 Å². The molecule has 1 aliphatic heterocycles. The number of ether oxygens (including phenoxy) is 2. The molecule has 0 spiro atoms. The van der Waals surface area contributed by atoms with Crippen LogP contribution in [0.2, 0.25) is 5.02 Å². The minimum absolute atomic E-state index is 0.0927. The molecule has 32 heavy (non-hydrogen) atoms. The van der Waals surface area contributed by atoms with E-state index in [4.69, 9.17) is 21.1 Å². The lowest BCUT2D eigenvalue weighted by Gasteiger charge is -2.09. The molecule has 2 heterocycles. The summed E-state index contributed by atoms with van der Waals surface area (Å²) in [5, 5.41) is 4.75. The van der Waals surface area contributed by atoms with E-state index >= 15 is 0 Å². The number of benzene rings is 3. The molecule has 4 aromatic rings. The number of pyridine rings is 1. The van der Waals surface area contributed by atoms with Crippen molar-refractivity contribution in [3.05, 3.63) is 88.7 Å². The molecular weight excluding hydrogens is 433 g/mol. The van der Waals surface area contributed by atoms with E-state index in [0.717, 1.165) is 5.56 Å². The first-order valence-electron chi connectivity index (χ1n) is 9.67. The highest BCUT2D eigenvalue weighted by molar-refractivity contribution is 6.33. The largest absolute Gasteiger partial charge is 0.454 e. The van der Waals surface area contributed by atoms with Gasteiger partial charge in [-0.2, -0.15) is 5.10 Å². The molecule has 0 radical (unpaired) electrons. The summed E-state index contributed by atoms with van der Waals surface area (Å²) in [6.45, 7) is 0.168.